The Balaban J connectivity index is 1.27. The van der Waals surface area contributed by atoms with Gasteiger partial charge in [-0.1, -0.05) is 0 Å². The summed E-state index contributed by atoms with van der Waals surface area (Å²) in [5.41, 5.74) is 4.97. The van der Waals surface area contributed by atoms with Gasteiger partial charge in [-0.2, -0.15) is 13.2 Å². The number of aromatic nitrogens is 2. The van der Waals surface area contributed by atoms with Crippen LogP contribution in [0.1, 0.15) is 35.5 Å². The zero-order chi connectivity index (χ0) is 21.5. The molecule has 1 aromatic heterocycles. The van der Waals surface area contributed by atoms with Crippen LogP contribution in [0.15, 0.2) is 18.3 Å². The molecule has 3 aliphatic rings. The van der Waals surface area contributed by atoms with Gasteiger partial charge in [0.1, 0.15) is 17.3 Å². The number of rotatable bonds is 4. The van der Waals surface area contributed by atoms with Gasteiger partial charge >= 0.3 is 6.18 Å². The Bertz CT molecular complexity index is 1050. The van der Waals surface area contributed by atoms with E-state index in [0.29, 0.717) is 18.0 Å². The molecule has 1 saturated heterocycles. The lowest BCUT2D eigenvalue weighted by molar-refractivity contribution is -0.143. The molecular weight excluding hydrogens is 414 g/mol. The first-order valence-corrected chi connectivity index (χ1v) is 9.40. The number of hydrogen-bond acceptors (Lipinski definition) is 3. The van der Waals surface area contributed by atoms with Crippen LogP contribution in [-0.4, -0.2) is 39.0 Å². The number of nitrogens with two attached hydrogens (primary N) is 1. The first kappa shape index (κ1) is 19.4. The van der Waals surface area contributed by atoms with Crippen molar-refractivity contribution in [3.05, 3.63) is 52.9 Å². The van der Waals surface area contributed by atoms with E-state index in [4.69, 9.17) is 5.73 Å². The molecule has 5 atom stereocenters. The van der Waals surface area contributed by atoms with E-state index in [1.54, 1.807) is 0 Å². The van der Waals surface area contributed by atoms with Gasteiger partial charge in [-0.3, -0.25) is 4.79 Å². The van der Waals surface area contributed by atoms with Crippen molar-refractivity contribution < 1.29 is 31.1 Å². The van der Waals surface area contributed by atoms with Crippen LogP contribution >= 0.6 is 0 Å². The van der Waals surface area contributed by atoms with E-state index in [0.717, 1.165) is 6.20 Å². The standard InChI is InChI=1S/C19H16F6N4O/c20-10-4-12(22)11(21)2-7(10)1-8(26)3-14(30)28-6-9-15-16(28)17(15)29-13(19(23,24)25)5-27-18(9)29/h2,4-5,8-9,15-17H,1,3,6,26H2/t8-,9-,15+,16+,17?/m1/s1. The van der Waals surface area contributed by atoms with Crippen LogP contribution < -0.4 is 5.73 Å². The molecular formula is C19H16F6N4O. The maximum atomic E-state index is 13.8. The lowest BCUT2D eigenvalue weighted by Gasteiger charge is -2.22. The predicted octanol–water partition coefficient (Wildman–Crippen LogP) is 2.76. The number of carbonyl (C=O) groups excluding carboxylic acids is 1. The van der Waals surface area contributed by atoms with E-state index >= 15 is 0 Å². The molecule has 11 heteroatoms. The van der Waals surface area contributed by atoms with Gasteiger partial charge in [-0.25, -0.2) is 18.2 Å². The summed E-state index contributed by atoms with van der Waals surface area (Å²) in [5.74, 6) is -3.83. The number of hydrogen-bond donors (Lipinski definition) is 1. The Morgan fingerprint density at radius 2 is 1.87 bits per heavy atom. The number of alkyl halides is 3. The van der Waals surface area contributed by atoms with Crippen molar-refractivity contribution >= 4 is 5.91 Å². The van der Waals surface area contributed by atoms with Crippen molar-refractivity contribution in [2.75, 3.05) is 6.54 Å². The average Bonchev–Trinajstić information content (AvgIpc) is 2.96. The third-order valence-electron chi connectivity index (χ3n) is 6.29. The summed E-state index contributed by atoms with van der Waals surface area (Å²) in [6.45, 7) is 0.255. The van der Waals surface area contributed by atoms with E-state index in [9.17, 15) is 31.1 Å². The van der Waals surface area contributed by atoms with Gasteiger partial charge in [0.05, 0.1) is 18.3 Å². The summed E-state index contributed by atoms with van der Waals surface area (Å²) in [6.07, 6.45) is -4.05. The SMILES string of the molecule is N[C@@H](CC(=O)N1C[C@H]2c3ncc(C(F)(F)F)n3C3[C@@H]2[C@@H]31)Cc1cc(F)c(F)cc1F. The number of carbonyl (C=O) groups is 1. The molecule has 5 nitrogen and oxygen atoms in total. The van der Waals surface area contributed by atoms with Crippen molar-refractivity contribution in [1.82, 2.24) is 14.5 Å². The number of piperidine rings is 1. The molecule has 5 rings (SSSR count). The summed E-state index contributed by atoms with van der Waals surface area (Å²) in [6, 6.07) is -0.500. The number of halogens is 6. The van der Waals surface area contributed by atoms with Crippen LogP contribution in [0.25, 0.3) is 0 Å². The second-order valence-corrected chi connectivity index (χ2v) is 8.11. The van der Waals surface area contributed by atoms with Gasteiger partial charge in [0.2, 0.25) is 5.91 Å². The minimum Gasteiger partial charge on any atom is -0.336 e. The molecule has 1 unspecified atom stereocenters. The molecule has 2 aromatic rings. The van der Waals surface area contributed by atoms with Crippen molar-refractivity contribution in [2.45, 2.75) is 43.1 Å². The largest absolute Gasteiger partial charge is 0.433 e. The summed E-state index contributed by atoms with van der Waals surface area (Å²) in [7, 11) is 0. The van der Waals surface area contributed by atoms with Crippen molar-refractivity contribution in [1.29, 1.82) is 0 Å². The second kappa shape index (κ2) is 6.22. The lowest BCUT2D eigenvalue weighted by atomic mass is 10.0. The first-order chi connectivity index (χ1) is 14.1. The van der Waals surface area contributed by atoms with Crippen LogP contribution in [-0.2, 0) is 17.4 Å². The molecule has 1 aliphatic carbocycles. The molecule has 0 bridgehead atoms. The number of nitrogens with zero attached hydrogens (tertiary/aromatic N) is 3. The van der Waals surface area contributed by atoms with Gasteiger partial charge < -0.3 is 15.2 Å². The molecule has 1 aromatic carbocycles. The van der Waals surface area contributed by atoms with Crippen LogP contribution in [0.2, 0.25) is 0 Å². The Morgan fingerprint density at radius 1 is 1.17 bits per heavy atom. The molecule has 0 radical (unpaired) electrons. The molecule has 3 heterocycles. The number of likely N-dealkylation sites (tertiary alicyclic amines) is 1. The highest BCUT2D eigenvalue weighted by molar-refractivity contribution is 5.79. The molecule has 0 spiro atoms. The van der Waals surface area contributed by atoms with Gasteiger partial charge in [-0.15, -0.1) is 0 Å². The van der Waals surface area contributed by atoms with Gasteiger partial charge in [0, 0.05) is 36.9 Å². The number of amides is 1. The lowest BCUT2D eigenvalue weighted by Crippen LogP contribution is -2.38. The van der Waals surface area contributed by atoms with Crippen molar-refractivity contribution in [3.63, 3.8) is 0 Å². The fraction of sp³-hybridized carbons (Fsp3) is 0.474. The number of benzene rings is 1. The molecule has 2 aliphatic heterocycles. The third kappa shape index (κ3) is 2.74. The highest BCUT2D eigenvalue weighted by Gasteiger charge is 2.71. The smallest absolute Gasteiger partial charge is 0.336 e. The monoisotopic (exact) mass is 430 g/mol. The van der Waals surface area contributed by atoms with Crippen LogP contribution in [0.5, 0.6) is 0 Å². The highest BCUT2D eigenvalue weighted by atomic mass is 19.4. The molecule has 160 valence electrons. The first-order valence-electron chi connectivity index (χ1n) is 9.40. The molecule has 2 N–H and O–H groups in total. The maximum absolute atomic E-state index is 13.8. The minimum atomic E-state index is -4.52. The molecule has 1 saturated carbocycles. The second-order valence-electron chi connectivity index (χ2n) is 8.11. The quantitative estimate of drug-likeness (QED) is 0.600. The predicted molar refractivity (Wildman–Crippen MR) is 90.6 cm³/mol. The highest BCUT2D eigenvalue weighted by Crippen LogP contribution is 2.66. The van der Waals surface area contributed by atoms with Gasteiger partial charge in [0.25, 0.3) is 0 Å². The Morgan fingerprint density at radius 3 is 2.57 bits per heavy atom. The summed E-state index contributed by atoms with van der Waals surface area (Å²) in [4.78, 5) is 18.2. The summed E-state index contributed by atoms with van der Waals surface area (Å²) in [5, 5.41) is 0. The van der Waals surface area contributed by atoms with E-state index in [-0.39, 0.29) is 48.7 Å². The Kier molecular flexibility index (Phi) is 4.03. The molecule has 2 fully saturated rings. The van der Waals surface area contributed by atoms with E-state index in [2.05, 4.69) is 4.98 Å². The summed E-state index contributed by atoms with van der Waals surface area (Å²) >= 11 is 0. The Labute approximate surface area is 166 Å². The van der Waals surface area contributed by atoms with Gasteiger partial charge in [0.15, 0.2) is 11.6 Å². The minimum absolute atomic E-state index is 0.0846. The topological polar surface area (TPSA) is 64.2 Å². The van der Waals surface area contributed by atoms with Crippen molar-refractivity contribution in [2.24, 2.45) is 11.7 Å². The third-order valence-corrected chi connectivity index (χ3v) is 6.29. The Hall–Kier alpha value is -2.56. The fourth-order valence-corrected chi connectivity index (χ4v) is 5.06. The zero-order valence-electron chi connectivity index (χ0n) is 15.3. The zero-order valence-corrected chi connectivity index (χ0v) is 15.3. The van der Waals surface area contributed by atoms with Crippen LogP contribution in [0.3, 0.4) is 0 Å². The summed E-state index contributed by atoms with van der Waals surface area (Å²) < 4.78 is 81.1. The van der Waals surface area contributed by atoms with Crippen molar-refractivity contribution in [3.8, 4) is 0 Å². The van der Waals surface area contributed by atoms with Gasteiger partial charge in [-0.05, 0) is 18.1 Å². The molecule has 30 heavy (non-hydrogen) atoms. The number of imidazole rings is 1. The fourth-order valence-electron chi connectivity index (χ4n) is 5.06. The van der Waals surface area contributed by atoms with Crippen LogP contribution in [0.4, 0.5) is 26.3 Å². The molecule has 1 amide bonds. The maximum Gasteiger partial charge on any atom is 0.433 e. The van der Waals surface area contributed by atoms with Crippen LogP contribution in [0, 0.1) is 23.4 Å². The van der Waals surface area contributed by atoms with E-state index < -0.39 is 41.4 Å². The van der Waals surface area contributed by atoms with E-state index in [1.165, 1.54) is 9.47 Å². The number of fused-ring (bicyclic) bond motifs is 4. The normalized spacial score (nSPS) is 27.2. The average molecular weight is 430 g/mol. The van der Waals surface area contributed by atoms with E-state index in [1.807, 2.05) is 0 Å².